The van der Waals surface area contributed by atoms with Gasteiger partial charge in [-0.25, -0.2) is 0 Å². The summed E-state index contributed by atoms with van der Waals surface area (Å²) < 4.78 is 49.0. The van der Waals surface area contributed by atoms with E-state index in [2.05, 4.69) is 10.1 Å². The highest BCUT2D eigenvalue weighted by atomic mass is 19.4. The Bertz CT molecular complexity index is 672. The molecule has 3 rings (SSSR count). The van der Waals surface area contributed by atoms with Gasteiger partial charge < -0.3 is 9.26 Å². The third-order valence-corrected chi connectivity index (χ3v) is 3.67. The summed E-state index contributed by atoms with van der Waals surface area (Å²) in [5.41, 5.74) is -0.140. The highest BCUT2D eigenvalue weighted by Crippen LogP contribution is 2.32. The molecule has 2 aromatic rings. The van der Waals surface area contributed by atoms with Crippen LogP contribution in [0.2, 0.25) is 0 Å². The van der Waals surface area contributed by atoms with Crippen LogP contribution < -0.4 is 0 Å². The van der Waals surface area contributed by atoms with Crippen LogP contribution in [0.4, 0.5) is 13.2 Å². The first kappa shape index (κ1) is 15.9. The summed E-state index contributed by atoms with van der Waals surface area (Å²) in [4.78, 5) is 6.18. The van der Waals surface area contributed by atoms with Gasteiger partial charge in [0.1, 0.15) is 0 Å². The molecule has 0 N–H and O–H groups in total. The number of ether oxygens (including phenoxy) is 1. The van der Waals surface area contributed by atoms with Crippen molar-refractivity contribution >= 4 is 0 Å². The highest BCUT2D eigenvalue weighted by Gasteiger charge is 2.32. The van der Waals surface area contributed by atoms with E-state index >= 15 is 0 Å². The molecule has 1 aromatic heterocycles. The lowest BCUT2D eigenvalue weighted by molar-refractivity contribution is -0.137. The number of rotatable bonds is 3. The molecule has 0 unspecified atom stereocenters. The molecule has 8 heteroatoms. The second-order valence-corrected chi connectivity index (χ2v) is 5.45. The minimum atomic E-state index is -4.35. The smallest absolute Gasteiger partial charge is 0.371 e. The minimum absolute atomic E-state index is 0.404. The molecule has 1 saturated heterocycles. The number of hydrogen-bond acceptors (Lipinski definition) is 5. The fourth-order valence-corrected chi connectivity index (χ4v) is 2.57. The Labute approximate surface area is 131 Å². The van der Waals surface area contributed by atoms with E-state index in [9.17, 15) is 13.2 Å². The van der Waals surface area contributed by atoms with E-state index in [0.717, 1.165) is 12.1 Å². The standard InChI is InChI=1S/C15H16F3N3O2/c1-10-19-14(20-23-10)9-21-5-6-22-13(8-21)11-3-2-4-12(7-11)15(16,17)18/h2-4,7,13H,5-6,8-9H2,1H3/t13-/m0/s1. The molecule has 0 saturated carbocycles. The normalized spacial score (nSPS) is 19.9. The van der Waals surface area contributed by atoms with Crippen LogP contribution in [0, 0.1) is 6.92 Å². The molecule has 124 valence electrons. The number of benzene rings is 1. The van der Waals surface area contributed by atoms with Gasteiger partial charge in [0, 0.05) is 20.0 Å². The van der Waals surface area contributed by atoms with Crippen molar-refractivity contribution in [2.45, 2.75) is 25.7 Å². The van der Waals surface area contributed by atoms with Crippen molar-refractivity contribution in [3.05, 3.63) is 47.1 Å². The second-order valence-electron chi connectivity index (χ2n) is 5.45. The van der Waals surface area contributed by atoms with Gasteiger partial charge >= 0.3 is 6.18 Å². The first-order chi connectivity index (χ1) is 10.9. The van der Waals surface area contributed by atoms with E-state index in [-0.39, 0.29) is 0 Å². The van der Waals surface area contributed by atoms with Crippen LogP contribution >= 0.6 is 0 Å². The molecule has 0 radical (unpaired) electrons. The average Bonchev–Trinajstić information content (AvgIpc) is 2.92. The number of morpholine rings is 1. The van der Waals surface area contributed by atoms with E-state index < -0.39 is 17.8 Å². The van der Waals surface area contributed by atoms with E-state index in [0.29, 0.717) is 43.5 Å². The van der Waals surface area contributed by atoms with Crippen molar-refractivity contribution < 1.29 is 22.4 Å². The van der Waals surface area contributed by atoms with E-state index in [1.807, 2.05) is 4.90 Å². The van der Waals surface area contributed by atoms with Crippen molar-refractivity contribution in [1.82, 2.24) is 15.0 Å². The van der Waals surface area contributed by atoms with Crippen molar-refractivity contribution in [1.29, 1.82) is 0 Å². The van der Waals surface area contributed by atoms with Crippen LogP contribution in [0.5, 0.6) is 0 Å². The summed E-state index contributed by atoms with van der Waals surface area (Å²) in [7, 11) is 0. The molecule has 1 fully saturated rings. The van der Waals surface area contributed by atoms with Crippen LogP contribution in [0.3, 0.4) is 0 Å². The van der Waals surface area contributed by atoms with Crippen molar-refractivity contribution in [2.75, 3.05) is 19.7 Å². The summed E-state index contributed by atoms with van der Waals surface area (Å²) in [6.45, 7) is 3.78. The molecule has 23 heavy (non-hydrogen) atoms. The molecule has 0 spiro atoms. The number of aromatic nitrogens is 2. The molecular formula is C15H16F3N3O2. The number of nitrogens with zero attached hydrogens (tertiary/aromatic N) is 3. The maximum absolute atomic E-state index is 12.8. The molecule has 1 aliphatic heterocycles. The van der Waals surface area contributed by atoms with Gasteiger partial charge in [-0.3, -0.25) is 4.90 Å². The number of halogens is 3. The van der Waals surface area contributed by atoms with Gasteiger partial charge in [-0.15, -0.1) is 0 Å². The van der Waals surface area contributed by atoms with Gasteiger partial charge in [0.15, 0.2) is 5.82 Å². The van der Waals surface area contributed by atoms with Crippen LogP contribution in [-0.4, -0.2) is 34.7 Å². The Morgan fingerprint density at radius 3 is 2.87 bits per heavy atom. The lowest BCUT2D eigenvalue weighted by Crippen LogP contribution is -2.38. The molecule has 0 aliphatic carbocycles. The molecule has 0 bridgehead atoms. The number of alkyl halides is 3. The topological polar surface area (TPSA) is 51.4 Å². The van der Waals surface area contributed by atoms with Gasteiger partial charge in [0.25, 0.3) is 0 Å². The fraction of sp³-hybridized carbons (Fsp3) is 0.467. The summed E-state index contributed by atoms with van der Waals surface area (Å²) in [6, 6.07) is 5.27. The molecule has 2 heterocycles. The molecule has 5 nitrogen and oxygen atoms in total. The SMILES string of the molecule is Cc1nc(CN2CCO[C@H](c3cccc(C(F)(F)F)c3)C2)no1. The van der Waals surface area contributed by atoms with Gasteiger partial charge in [0.2, 0.25) is 5.89 Å². The summed E-state index contributed by atoms with van der Waals surface area (Å²) in [6.07, 6.45) is -4.76. The van der Waals surface area contributed by atoms with Crippen molar-refractivity contribution in [3.63, 3.8) is 0 Å². The molecule has 1 atom stereocenters. The predicted molar refractivity (Wildman–Crippen MR) is 74.4 cm³/mol. The lowest BCUT2D eigenvalue weighted by Gasteiger charge is -2.32. The Hall–Kier alpha value is -1.93. The van der Waals surface area contributed by atoms with E-state index in [4.69, 9.17) is 9.26 Å². The Morgan fingerprint density at radius 1 is 1.35 bits per heavy atom. The highest BCUT2D eigenvalue weighted by molar-refractivity contribution is 5.27. The zero-order valence-electron chi connectivity index (χ0n) is 12.5. The summed E-state index contributed by atoms with van der Waals surface area (Å²) in [5.74, 6) is 1.05. The predicted octanol–water partition coefficient (Wildman–Crippen LogP) is 2.97. The first-order valence-corrected chi connectivity index (χ1v) is 7.22. The third kappa shape index (κ3) is 3.89. The minimum Gasteiger partial charge on any atom is -0.371 e. The fourth-order valence-electron chi connectivity index (χ4n) is 2.57. The van der Waals surface area contributed by atoms with Crippen LogP contribution in [-0.2, 0) is 17.5 Å². The van der Waals surface area contributed by atoms with Crippen LogP contribution in [0.25, 0.3) is 0 Å². The Balaban J connectivity index is 1.71. The van der Waals surface area contributed by atoms with E-state index in [1.54, 1.807) is 13.0 Å². The Kier molecular flexibility index (Phi) is 4.36. The van der Waals surface area contributed by atoms with Gasteiger partial charge in [-0.05, 0) is 17.7 Å². The number of aryl methyl sites for hydroxylation is 1. The monoisotopic (exact) mass is 327 g/mol. The quantitative estimate of drug-likeness (QED) is 0.867. The first-order valence-electron chi connectivity index (χ1n) is 7.22. The second kappa shape index (κ2) is 6.29. The maximum Gasteiger partial charge on any atom is 0.416 e. The molecule has 0 amide bonds. The van der Waals surface area contributed by atoms with Crippen LogP contribution in [0.15, 0.2) is 28.8 Å². The van der Waals surface area contributed by atoms with E-state index in [1.165, 1.54) is 6.07 Å². The van der Waals surface area contributed by atoms with Crippen molar-refractivity contribution in [2.24, 2.45) is 0 Å². The third-order valence-electron chi connectivity index (χ3n) is 3.67. The van der Waals surface area contributed by atoms with Gasteiger partial charge in [-0.2, -0.15) is 18.2 Å². The summed E-state index contributed by atoms with van der Waals surface area (Å²) >= 11 is 0. The zero-order valence-corrected chi connectivity index (χ0v) is 12.5. The molecule has 1 aromatic carbocycles. The summed E-state index contributed by atoms with van der Waals surface area (Å²) in [5, 5.41) is 3.84. The molecular weight excluding hydrogens is 311 g/mol. The zero-order chi connectivity index (χ0) is 16.4. The van der Waals surface area contributed by atoms with Crippen molar-refractivity contribution in [3.8, 4) is 0 Å². The van der Waals surface area contributed by atoms with Gasteiger partial charge in [0.05, 0.1) is 24.8 Å². The average molecular weight is 327 g/mol. The Morgan fingerprint density at radius 2 is 2.17 bits per heavy atom. The van der Waals surface area contributed by atoms with Crippen LogP contribution in [0.1, 0.15) is 28.9 Å². The molecule has 1 aliphatic rings. The van der Waals surface area contributed by atoms with Gasteiger partial charge in [-0.1, -0.05) is 17.3 Å². The maximum atomic E-state index is 12.8. The largest absolute Gasteiger partial charge is 0.416 e. The lowest BCUT2D eigenvalue weighted by atomic mass is 10.0. The number of hydrogen-bond donors (Lipinski definition) is 0.